The first kappa shape index (κ1) is 26.6. The summed E-state index contributed by atoms with van der Waals surface area (Å²) in [7, 11) is 0. The van der Waals surface area contributed by atoms with Crippen LogP contribution in [0.2, 0.25) is 0 Å². The lowest BCUT2D eigenvalue weighted by atomic mass is 9.87. The SMILES string of the molecule is c1cc(-c2ccc3oc4ccccc4c3c2)cc(-c2ccc3c(c2)c2ccccc2c2cc4c5ccccc5c5ccccc5c4cc32)c1. The number of fused-ring (bicyclic) bond motifs is 15. The third kappa shape index (κ3) is 3.87. The molecule has 0 aliphatic rings. The fraction of sp³-hybridized carbons (Fsp3) is 0. The largest absolute Gasteiger partial charge is 0.456 e. The van der Waals surface area contributed by atoms with E-state index in [0.717, 1.165) is 21.9 Å². The molecule has 0 atom stereocenters. The second-order valence-corrected chi connectivity index (χ2v) is 13.2. The van der Waals surface area contributed by atoms with Crippen molar-refractivity contribution < 1.29 is 4.42 Å². The summed E-state index contributed by atoms with van der Waals surface area (Å²) in [6, 6.07) is 62.2. The zero-order valence-corrected chi connectivity index (χ0v) is 26.6. The van der Waals surface area contributed by atoms with Crippen LogP contribution in [0.25, 0.3) is 109 Å². The maximum Gasteiger partial charge on any atom is 0.135 e. The van der Waals surface area contributed by atoms with Crippen molar-refractivity contribution in [3.8, 4) is 22.3 Å². The Balaban J connectivity index is 1.14. The molecule has 0 unspecified atom stereocenters. The quantitative estimate of drug-likeness (QED) is 0.138. The van der Waals surface area contributed by atoms with Gasteiger partial charge in [-0.05, 0) is 129 Å². The lowest BCUT2D eigenvalue weighted by Crippen LogP contribution is -1.88. The minimum Gasteiger partial charge on any atom is -0.456 e. The van der Waals surface area contributed by atoms with Crippen molar-refractivity contribution >= 4 is 86.6 Å². The number of rotatable bonds is 2. The number of hydrogen-bond donors (Lipinski definition) is 0. The molecule has 0 aliphatic carbocycles. The molecular weight excluding hydrogens is 593 g/mol. The average Bonchev–Trinajstić information content (AvgIpc) is 3.55. The van der Waals surface area contributed by atoms with Crippen LogP contribution in [-0.4, -0.2) is 0 Å². The molecule has 11 rings (SSSR count). The molecule has 0 saturated carbocycles. The summed E-state index contributed by atoms with van der Waals surface area (Å²) in [6.45, 7) is 0. The number of furan rings is 1. The van der Waals surface area contributed by atoms with Crippen LogP contribution in [0.3, 0.4) is 0 Å². The molecule has 1 heteroatoms. The van der Waals surface area contributed by atoms with E-state index in [-0.39, 0.29) is 0 Å². The Hall–Kier alpha value is -6.44. The first-order chi connectivity index (χ1) is 24.3. The minimum absolute atomic E-state index is 0.920. The zero-order chi connectivity index (χ0) is 32.1. The molecule has 11 aromatic rings. The Bertz CT molecular complexity index is 3160. The van der Waals surface area contributed by atoms with Gasteiger partial charge in [-0.3, -0.25) is 0 Å². The Morgan fingerprint density at radius 1 is 0.204 bits per heavy atom. The summed E-state index contributed by atoms with van der Waals surface area (Å²) in [6.07, 6.45) is 0. The van der Waals surface area contributed by atoms with Crippen LogP contribution in [0.15, 0.2) is 174 Å². The van der Waals surface area contributed by atoms with E-state index in [1.807, 2.05) is 12.1 Å². The van der Waals surface area contributed by atoms with Crippen molar-refractivity contribution in [2.75, 3.05) is 0 Å². The Morgan fingerprint density at radius 3 is 1.12 bits per heavy atom. The molecule has 0 aliphatic heterocycles. The van der Waals surface area contributed by atoms with Gasteiger partial charge in [0.15, 0.2) is 0 Å². The van der Waals surface area contributed by atoms with Gasteiger partial charge in [-0.2, -0.15) is 0 Å². The number of hydrogen-bond acceptors (Lipinski definition) is 1. The van der Waals surface area contributed by atoms with Crippen molar-refractivity contribution in [1.82, 2.24) is 0 Å². The van der Waals surface area contributed by atoms with Crippen molar-refractivity contribution in [2.24, 2.45) is 0 Å². The molecule has 0 fully saturated rings. The highest BCUT2D eigenvalue weighted by Crippen LogP contribution is 2.43. The van der Waals surface area contributed by atoms with Gasteiger partial charge in [0.1, 0.15) is 11.2 Å². The van der Waals surface area contributed by atoms with E-state index >= 15 is 0 Å². The summed E-state index contributed by atoms with van der Waals surface area (Å²) < 4.78 is 6.11. The van der Waals surface area contributed by atoms with E-state index < -0.39 is 0 Å². The molecule has 1 aromatic heterocycles. The van der Waals surface area contributed by atoms with Crippen molar-refractivity contribution in [3.63, 3.8) is 0 Å². The highest BCUT2D eigenvalue weighted by atomic mass is 16.3. The van der Waals surface area contributed by atoms with Crippen LogP contribution >= 0.6 is 0 Å². The van der Waals surface area contributed by atoms with Crippen LogP contribution in [0.4, 0.5) is 0 Å². The van der Waals surface area contributed by atoms with E-state index in [1.54, 1.807) is 0 Å². The Kier molecular flexibility index (Phi) is 5.45. The number of benzene rings is 10. The summed E-state index contributed by atoms with van der Waals surface area (Å²) >= 11 is 0. The number of para-hydroxylation sites is 1. The monoisotopic (exact) mass is 620 g/mol. The standard InChI is InChI=1S/C48H28O/c1-3-14-35-33(12-1)34-13-2-4-15-36(34)43-28-45-39-22-20-31(25-41(39)37-16-5-6-17-38(37)44(45)27-42(35)43)29-10-9-11-30(24-29)32-21-23-48-46(26-32)40-18-7-8-19-47(40)49-48/h1-28H. The molecule has 0 spiro atoms. The van der Waals surface area contributed by atoms with Crippen molar-refractivity contribution in [1.29, 1.82) is 0 Å². The normalized spacial score (nSPS) is 12.1. The molecule has 0 bridgehead atoms. The fourth-order valence-electron chi connectivity index (χ4n) is 8.32. The van der Waals surface area contributed by atoms with Gasteiger partial charge >= 0.3 is 0 Å². The zero-order valence-electron chi connectivity index (χ0n) is 26.6. The lowest BCUT2D eigenvalue weighted by molar-refractivity contribution is 0.669. The summed E-state index contributed by atoms with van der Waals surface area (Å²) in [5, 5.41) is 17.8. The molecule has 1 nitrogen and oxygen atoms in total. The fourth-order valence-corrected chi connectivity index (χ4v) is 8.32. The molecule has 0 N–H and O–H groups in total. The first-order valence-corrected chi connectivity index (χ1v) is 16.9. The molecule has 0 amide bonds. The van der Waals surface area contributed by atoms with Crippen LogP contribution in [0, 0.1) is 0 Å². The Labute approximate surface area is 282 Å². The van der Waals surface area contributed by atoms with Gasteiger partial charge in [-0.25, -0.2) is 0 Å². The topological polar surface area (TPSA) is 13.1 Å². The maximum absolute atomic E-state index is 6.11. The predicted octanol–water partition coefficient (Wildman–Crippen LogP) is 13.8. The molecule has 49 heavy (non-hydrogen) atoms. The van der Waals surface area contributed by atoms with Gasteiger partial charge in [0.05, 0.1) is 0 Å². The molecule has 0 radical (unpaired) electrons. The molecule has 1 heterocycles. The van der Waals surface area contributed by atoms with Gasteiger partial charge in [0, 0.05) is 10.8 Å². The van der Waals surface area contributed by atoms with Crippen LogP contribution < -0.4 is 0 Å². The molecular formula is C48H28O. The van der Waals surface area contributed by atoms with E-state index in [9.17, 15) is 0 Å². The van der Waals surface area contributed by atoms with Crippen LogP contribution in [0.5, 0.6) is 0 Å². The van der Waals surface area contributed by atoms with Gasteiger partial charge < -0.3 is 4.42 Å². The minimum atomic E-state index is 0.920. The molecule has 226 valence electrons. The summed E-state index contributed by atoms with van der Waals surface area (Å²) in [5.74, 6) is 0. The van der Waals surface area contributed by atoms with E-state index in [0.29, 0.717) is 0 Å². The molecule has 0 saturated heterocycles. The van der Waals surface area contributed by atoms with E-state index in [4.69, 9.17) is 4.42 Å². The van der Waals surface area contributed by atoms with Crippen molar-refractivity contribution in [3.05, 3.63) is 170 Å². The van der Waals surface area contributed by atoms with E-state index in [2.05, 4.69) is 158 Å². The Morgan fingerprint density at radius 2 is 0.571 bits per heavy atom. The summed E-state index contributed by atoms with van der Waals surface area (Å²) in [4.78, 5) is 0. The highest BCUT2D eigenvalue weighted by Gasteiger charge is 2.15. The maximum atomic E-state index is 6.11. The second-order valence-electron chi connectivity index (χ2n) is 13.2. The van der Waals surface area contributed by atoms with Crippen molar-refractivity contribution in [2.45, 2.75) is 0 Å². The third-order valence-electron chi connectivity index (χ3n) is 10.6. The second kappa shape index (κ2) is 10.0. The summed E-state index contributed by atoms with van der Waals surface area (Å²) in [5.41, 5.74) is 6.64. The van der Waals surface area contributed by atoms with Gasteiger partial charge in [-0.15, -0.1) is 0 Å². The van der Waals surface area contributed by atoms with E-state index in [1.165, 1.54) is 86.9 Å². The first-order valence-electron chi connectivity index (χ1n) is 16.9. The average molecular weight is 621 g/mol. The van der Waals surface area contributed by atoms with Gasteiger partial charge in [0.2, 0.25) is 0 Å². The van der Waals surface area contributed by atoms with Crippen LogP contribution in [-0.2, 0) is 0 Å². The highest BCUT2D eigenvalue weighted by molar-refractivity contribution is 6.33. The predicted molar refractivity (Wildman–Crippen MR) is 210 cm³/mol. The van der Waals surface area contributed by atoms with Gasteiger partial charge in [-0.1, -0.05) is 127 Å². The van der Waals surface area contributed by atoms with Crippen LogP contribution in [0.1, 0.15) is 0 Å². The lowest BCUT2D eigenvalue weighted by Gasteiger charge is -2.16. The molecule has 10 aromatic carbocycles. The van der Waals surface area contributed by atoms with Gasteiger partial charge in [0.25, 0.3) is 0 Å². The smallest absolute Gasteiger partial charge is 0.135 e. The third-order valence-corrected chi connectivity index (χ3v) is 10.6.